The zero-order valence-electron chi connectivity index (χ0n) is 11.3. The topological polar surface area (TPSA) is 70.1 Å². The van der Waals surface area contributed by atoms with E-state index in [0.717, 1.165) is 0 Å². The average Bonchev–Trinajstić information content (AvgIpc) is 2.29. The molecule has 0 spiro atoms. The van der Waals surface area contributed by atoms with Gasteiger partial charge in [0, 0.05) is 19.1 Å². The minimum atomic E-state index is -0.907. The van der Waals surface area contributed by atoms with Crippen molar-refractivity contribution in [1.29, 1.82) is 0 Å². The molecule has 1 aliphatic heterocycles. The zero-order valence-corrected chi connectivity index (χ0v) is 11.3. The molecule has 6 heteroatoms. The Hall–Kier alpha value is -1.30. The van der Waals surface area contributed by atoms with Crippen molar-refractivity contribution in [3.05, 3.63) is 0 Å². The quantitative estimate of drug-likeness (QED) is 0.817. The maximum atomic E-state index is 12.4. The van der Waals surface area contributed by atoms with Crippen LogP contribution in [0.15, 0.2) is 0 Å². The Morgan fingerprint density at radius 2 is 2.17 bits per heavy atom. The Bertz CT molecular complexity index is 306. The van der Waals surface area contributed by atoms with E-state index in [2.05, 4.69) is 0 Å². The fourth-order valence-electron chi connectivity index (χ4n) is 2.16. The Morgan fingerprint density at radius 3 is 2.67 bits per heavy atom. The zero-order chi connectivity index (χ0) is 13.7. The van der Waals surface area contributed by atoms with Crippen LogP contribution in [0.5, 0.6) is 0 Å². The summed E-state index contributed by atoms with van der Waals surface area (Å²) in [5.41, 5.74) is 0. The minimum Gasteiger partial charge on any atom is -0.481 e. The lowest BCUT2D eigenvalue weighted by molar-refractivity contribution is -0.139. The fraction of sp³-hybridized carbons (Fsp3) is 0.833. The Labute approximate surface area is 107 Å². The van der Waals surface area contributed by atoms with Gasteiger partial charge in [0.15, 0.2) is 0 Å². The van der Waals surface area contributed by atoms with Gasteiger partial charge >= 0.3 is 12.0 Å². The average molecular weight is 258 g/mol. The summed E-state index contributed by atoms with van der Waals surface area (Å²) in [5, 5.41) is 8.86. The van der Waals surface area contributed by atoms with E-state index in [-0.39, 0.29) is 24.5 Å². The van der Waals surface area contributed by atoms with E-state index in [9.17, 15) is 9.59 Å². The molecule has 1 aliphatic rings. The standard InChI is InChI=1S/C12H22N2O4/c1-4-13(9(2)3)12(17)14-5-6-18-8-10(14)7-11(15)16/h9-10H,4-8H2,1-3H3,(H,15,16). The molecule has 0 saturated carbocycles. The number of hydrogen-bond donors (Lipinski definition) is 1. The number of carboxylic acids is 1. The van der Waals surface area contributed by atoms with Crippen LogP contribution in [0, 0.1) is 0 Å². The van der Waals surface area contributed by atoms with Crippen LogP contribution in [0.1, 0.15) is 27.2 Å². The normalized spacial score (nSPS) is 20.0. The molecule has 1 atom stereocenters. The van der Waals surface area contributed by atoms with Crippen molar-refractivity contribution in [3.63, 3.8) is 0 Å². The molecule has 1 heterocycles. The van der Waals surface area contributed by atoms with Crippen molar-refractivity contribution in [2.24, 2.45) is 0 Å². The van der Waals surface area contributed by atoms with Gasteiger partial charge in [0.2, 0.25) is 0 Å². The summed E-state index contributed by atoms with van der Waals surface area (Å²) in [6.45, 7) is 7.67. The number of nitrogens with zero attached hydrogens (tertiary/aromatic N) is 2. The molecule has 18 heavy (non-hydrogen) atoms. The highest BCUT2D eigenvalue weighted by Gasteiger charge is 2.32. The number of aliphatic carboxylic acids is 1. The molecular weight excluding hydrogens is 236 g/mol. The monoisotopic (exact) mass is 258 g/mol. The van der Waals surface area contributed by atoms with Gasteiger partial charge in [-0.1, -0.05) is 0 Å². The Kier molecular flexibility index (Phi) is 5.40. The van der Waals surface area contributed by atoms with Gasteiger partial charge in [0.1, 0.15) is 0 Å². The summed E-state index contributed by atoms with van der Waals surface area (Å²) in [7, 11) is 0. The van der Waals surface area contributed by atoms with Crippen molar-refractivity contribution < 1.29 is 19.4 Å². The van der Waals surface area contributed by atoms with E-state index in [4.69, 9.17) is 9.84 Å². The first-order valence-corrected chi connectivity index (χ1v) is 6.34. The van der Waals surface area contributed by atoms with Crippen LogP contribution in [-0.2, 0) is 9.53 Å². The Balaban J connectivity index is 2.75. The number of urea groups is 1. The number of amides is 2. The molecule has 0 radical (unpaired) electrons. The number of carbonyl (C=O) groups is 2. The summed E-state index contributed by atoms with van der Waals surface area (Å²) in [6, 6.07) is -0.352. The molecule has 1 N–H and O–H groups in total. The molecule has 0 aromatic heterocycles. The summed E-state index contributed by atoms with van der Waals surface area (Å²) in [6.07, 6.45) is -0.0681. The smallest absolute Gasteiger partial charge is 0.320 e. The highest BCUT2D eigenvalue weighted by atomic mass is 16.5. The minimum absolute atomic E-state index is 0.0681. The van der Waals surface area contributed by atoms with Crippen LogP contribution < -0.4 is 0 Å². The van der Waals surface area contributed by atoms with Crippen molar-refractivity contribution in [2.45, 2.75) is 39.3 Å². The van der Waals surface area contributed by atoms with Gasteiger partial charge in [-0.05, 0) is 20.8 Å². The third-order valence-electron chi connectivity index (χ3n) is 3.09. The largest absolute Gasteiger partial charge is 0.481 e. The van der Waals surface area contributed by atoms with Gasteiger partial charge < -0.3 is 19.6 Å². The first kappa shape index (κ1) is 14.8. The highest BCUT2D eigenvalue weighted by molar-refractivity contribution is 5.76. The second kappa shape index (κ2) is 6.58. The van der Waals surface area contributed by atoms with Gasteiger partial charge in [-0.2, -0.15) is 0 Å². The van der Waals surface area contributed by atoms with Crippen LogP contribution in [0.2, 0.25) is 0 Å². The molecule has 104 valence electrons. The van der Waals surface area contributed by atoms with E-state index in [1.807, 2.05) is 20.8 Å². The highest BCUT2D eigenvalue weighted by Crippen LogP contribution is 2.15. The van der Waals surface area contributed by atoms with Gasteiger partial charge in [0.25, 0.3) is 0 Å². The first-order valence-electron chi connectivity index (χ1n) is 6.34. The van der Waals surface area contributed by atoms with E-state index < -0.39 is 5.97 Å². The van der Waals surface area contributed by atoms with Crippen molar-refractivity contribution in [2.75, 3.05) is 26.3 Å². The number of ether oxygens (including phenoxy) is 1. The third-order valence-corrected chi connectivity index (χ3v) is 3.09. The summed E-state index contributed by atoms with van der Waals surface area (Å²) in [4.78, 5) is 26.5. The molecule has 1 unspecified atom stereocenters. The number of rotatable bonds is 4. The fourth-order valence-corrected chi connectivity index (χ4v) is 2.16. The molecule has 6 nitrogen and oxygen atoms in total. The van der Waals surface area contributed by atoms with Crippen LogP contribution in [0.4, 0.5) is 4.79 Å². The second-order valence-corrected chi connectivity index (χ2v) is 4.68. The van der Waals surface area contributed by atoms with E-state index >= 15 is 0 Å². The Morgan fingerprint density at radius 1 is 1.50 bits per heavy atom. The number of morpholine rings is 1. The molecular formula is C12H22N2O4. The third kappa shape index (κ3) is 3.60. The molecule has 0 aromatic carbocycles. The van der Waals surface area contributed by atoms with Gasteiger partial charge in [-0.3, -0.25) is 4.79 Å². The first-order chi connectivity index (χ1) is 8.47. The number of carboxylic acid groups (broad SMARTS) is 1. The molecule has 1 saturated heterocycles. The van der Waals surface area contributed by atoms with Crippen LogP contribution in [0.25, 0.3) is 0 Å². The predicted octanol–water partition coefficient (Wildman–Crippen LogP) is 1.01. The van der Waals surface area contributed by atoms with E-state index in [1.54, 1.807) is 9.80 Å². The molecule has 1 rings (SSSR count). The van der Waals surface area contributed by atoms with Crippen LogP contribution >= 0.6 is 0 Å². The molecule has 2 amide bonds. The SMILES string of the molecule is CCN(C(=O)N1CCOCC1CC(=O)O)C(C)C. The van der Waals surface area contributed by atoms with E-state index in [0.29, 0.717) is 26.3 Å². The predicted molar refractivity (Wildman–Crippen MR) is 66.5 cm³/mol. The lowest BCUT2D eigenvalue weighted by Gasteiger charge is -2.39. The lowest BCUT2D eigenvalue weighted by Crippen LogP contribution is -2.55. The van der Waals surface area contributed by atoms with Crippen LogP contribution in [-0.4, -0.2) is 65.3 Å². The van der Waals surface area contributed by atoms with Crippen molar-refractivity contribution in [3.8, 4) is 0 Å². The maximum absolute atomic E-state index is 12.4. The molecule has 0 aliphatic carbocycles. The van der Waals surface area contributed by atoms with E-state index in [1.165, 1.54) is 0 Å². The van der Waals surface area contributed by atoms with Gasteiger partial charge in [0.05, 0.1) is 25.7 Å². The summed E-state index contributed by atoms with van der Waals surface area (Å²) in [5.74, 6) is -0.907. The summed E-state index contributed by atoms with van der Waals surface area (Å²) >= 11 is 0. The van der Waals surface area contributed by atoms with Crippen molar-refractivity contribution >= 4 is 12.0 Å². The van der Waals surface area contributed by atoms with Gasteiger partial charge in [-0.25, -0.2) is 4.79 Å². The second-order valence-electron chi connectivity index (χ2n) is 4.68. The van der Waals surface area contributed by atoms with Crippen LogP contribution in [0.3, 0.4) is 0 Å². The lowest BCUT2D eigenvalue weighted by atomic mass is 10.1. The van der Waals surface area contributed by atoms with Gasteiger partial charge in [-0.15, -0.1) is 0 Å². The maximum Gasteiger partial charge on any atom is 0.320 e. The van der Waals surface area contributed by atoms with Crippen molar-refractivity contribution in [1.82, 2.24) is 9.80 Å². The molecule has 0 aromatic rings. The number of hydrogen-bond acceptors (Lipinski definition) is 3. The summed E-state index contributed by atoms with van der Waals surface area (Å²) < 4.78 is 5.26. The molecule has 0 bridgehead atoms. The molecule has 1 fully saturated rings. The number of carbonyl (C=O) groups excluding carboxylic acids is 1.